The lowest BCUT2D eigenvalue weighted by Crippen LogP contribution is -2.53. The zero-order chi connectivity index (χ0) is 16.4. The highest BCUT2D eigenvalue weighted by molar-refractivity contribution is 5.92. The second kappa shape index (κ2) is 6.80. The van der Waals surface area contributed by atoms with Gasteiger partial charge in [-0.3, -0.25) is 9.69 Å². The maximum Gasteiger partial charge on any atom is 0.274 e. The van der Waals surface area contributed by atoms with Crippen LogP contribution in [0.2, 0.25) is 0 Å². The van der Waals surface area contributed by atoms with E-state index in [1.807, 2.05) is 30.0 Å². The summed E-state index contributed by atoms with van der Waals surface area (Å²) in [6.45, 7) is 2.99. The van der Waals surface area contributed by atoms with Crippen molar-refractivity contribution in [3.63, 3.8) is 0 Å². The predicted molar refractivity (Wildman–Crippen MR) is 87.5 cm³/mol. The Hall–Kier alpha value is -1.73. The van der Waals surface area contributed by atoms with Crippen LogP contribution in [0.5, 0.6) is 0 Å². The predicted octanol–water partition coefficient (Wildman–Crippen LogP) is 0.214. The molecule has 23 heavy (non-hydrogen) atoms. The van der Waals surface area contributed by atoms with Crippen LogP contribution in [0.1, 0.15) is 29.8 Å². The largest absolute Gasteiger partial charge is 0.391 e. The topological polar surface area (TPSA) is 72.8 Å². The Morgan fingerprint density at radius 1 is 1.17 bits per heavy atom. The van der Waals surface area contributed by atoms with Crippen LogP contribution < -0.4 is 4.90 Å². The number of hydrogen-bond acceptors (Lipinski definition) is 6. The van der Waals surface area contributed by atoms with Gasteiger partial charge < -0.3 is 14.9 Å². The third-order valence-electron chi connectivity index (χ3n) is 4.84. The summed E-state index contributed by atoms with van der Waals surface area (Å²) in [6.07, 6.45) is 2.85. The van der Waals surface area contributed by atoms with Crippen LogP contribution in [0.15, 0.2) is 12.1 Å². The van der Waals surface area contributed by atoms with E-state index in [1.165, 1.54) is 0 Å². The van der Waals surface area contributed by atoms with E-state index in [2.05, 4.69) is 15.1 Å². The number of rotatable bonds is 3. The third kappa shape index (κ3) is 3.45. The average Bonchev–Trinajstić information content (AvgIpc) is 3.00. The molecule has 1 aromatic rings. The molecule has 126 valence electrons. The van der Waals surface area contributed by atoms with Crippen molar-refractivity contribution in [2.24, 2.45) is 0 Å². The smallest absolute Gasteiger partial charge is 0.274 e. The van der Waals surface area contributed by atoms with Crippen molar-refractivity contribution in [2.45, 2.75) is 31.4 Å². The molecule has 1 saturated heterocycles. The number of piperazine rings is 1. The molecule has 3 rings (SSSR count). The molecule has 7 heteroatoms. The summed E-state index contributed by atoms with van der Waals surface area (Å²) in [5.74, 6) is 0.677. The zero-order valence-corrected chi connectivity index (χ0v) is 13.9. The first-order chi connectivity index (χ1) is 11.1. The molecule has 0 spiro atoms. The molecule has 1 aliphatic heterocycles. The van der Waals surface area contributed by atoms with E-state index in [-0.39, 0.29) is 18.1 Å². The number of hydrogen-bond donors (Lipinski definition) is 1. The van der Waals surface area contributed by atoms with Gasteiger partial charge in [0.05, 0.1) is 6.10 Å². The number of anilines is 1. The Balaban J connectivity index is 1.57. The molecule has 1 aliphatic carbocycles. The normalized spacial score (nSPS) is 25.6. The fourth-order valence-corrected chi connectivity index (χ4v) is 3.44. The van der Waals surface area contributed by atoms with Gasteiger partial charge in [-0.05, 0) is 31.4 Å². The van der Waals surface area contributed by atoms with E-state index in [1.54, 1.807) is 6.07 Å². The molecular weight excluding hydrogens is 294 g/mol. The molecule has 1 amide bonds. The van der Waals surface area contributed by atoms with E-state index >= 15 is 0 Å². The van der Waals surface area contributed by atoms with Crippen LogP contribution in [0.3, 0.4) is 0 Å². The Labute approximate surface area is 136 Å². The summed E-state index contributed by atoms with van der Waals surface area (Å²) >= 11 is 0. The number of carbonyl (C=O) groups excluding carboxylic acids is 1. The van der Waals surface area contributed by atoms with Crippen molar-refractivity contribution < 1.29 is 9.90 Å². The zero-order valence-electron chi connectivity index (χ0n) is 13.9. The molecule has 2 fully saturated rings. The lowest BCUT2D eigenvalue weighted by atomic mass is 10.1. The molecule has 0 aromatic carbocycles. The van der Waals surface area contributed by atoms with Gasteiger partial charge >= 0.3 is 0 Å². The molecule has 1 N–H and O–H groups in total. The van der Waals surface area contributed by atoms with Gasteiger partial charge in [-0.2, -0.15) is 0 Å². The van der Waals surface area contributed by atoms with Gasteiger partial charge in [0.25, 0.3) is 5.91 Å². The summed E-state index contributed by atoms with van der Waals surface area (Å²) in [5.41, 5.74) is 0.393. The highest BCUT2D eigenvalue weighted by atomic mass is 16.3. The Bertz CT molecular complexity index is 540. The van der Waals surface area contributed by atoms with Crippen LogP contribution in [0.4, 0.5) is 5.82 Å². The lowest BCUT2D eigenvalue weighted by Gasteiger charge is -2.38. The molecule has 2 atom stereocenters. The van der Waals surface area contributed by atoms with Gasteiger partial charge in [-0.15, -0.1) is 10.2 Å². The fraction of sp³-hybridized carbons (Fsp3) is 0.688. The van der Waals surface area contributed by atoms with E-state index in [4.69, 9.17) is 0 Å². The molecule has 7 nitrogen and oxygen atoms in total. The summed E-state index contributed by atoms with van der Waals surface area (Å²) in [5, 5.41) is 18.1. The molecule has 1 aromatic heterocycles. The first-order valence-corrected chi connectivity index (χ1v) is 8.28. The van der Waals surface area contributed by atoms with Crippen LogP contribution >= 0.6 is 0 Å². The molecule has 0 unspecified atom stereocenters. The van der Waals surface area contributed by atoms with E-state index < -0.39 is 0 Å². The van der Waals surface area contributed by atoms with Gasteiger partial charge in [0.2, 0.25) is 0 Å². The number of carbonyl (C=O) groups is 1. The molecule has 1 saturated carbocycles. The van der Waals surface area contributed by atoms with Crippen molar-refractivity contribution in [3.05, 3.63) is 17.8 Å². The highest BCUT2D eigenvalue weighted by Crippen LogP contribution is 2.25. The van der Waals surface area contributed by atoms with Crippen LogP contribution in [-0.2, 0) is 0 Å². The SMILES string of the molecule is CN(C)c1ccc(C(=O)N2CCN([C@H]3CCC[C@@H]3O)CC2)nn1. The van der Waals surface area contributed by atoms with Crippen LogP contribution in [0.25, 0.3) is 0 Å². The Kier molecular flexibility index (Phi) is 4.77. The molecule has 2 aliphatic rings. The minimum atomic E-state index is -0.207. The van der Waals surface area contributed by atoms with Gasteiger partial charge in [-0.1, -0.05) is 0 Å². The lowest BCUT2D eigenvalue weighted by molar-refractivity contribution is 0.0312. The summed E-state index contributed by atoms with van der Waals surface area (Å²) in [6, 6.07) is 3.81. The van der Waals surface area contributed by atoms with Crippen molar-refractivity contribution in [2.75, 3.05) is 45.2 Å². The maximum absolute atomic E-state index is 12.5. The number of aliphatic hydroxyl groups is 1. The van der Waals surface area contributed by atoms with Crippen molar-refractivity contribution in [1.82, 2.24) is 20.0 Å². The monoisotopic (exact) mass is 319 g/mol. The molecule has 2 heterocycles. The summed E-state index contributed by atoms with van der Waals surface area (Å²) in [7, 11) is 3.78. The first-order valence-electron chi connectivity index (χ1n) is 8.28. The minimum Gasteiger partial charge on any atom is -0.391 e. The van der Waals surface area contributed by atoms with Gasteiger partial charge in [-0.25, -0.2) is 0 Å². The number of aromatic nitrogens is 2. The van der Waals surface area contributed by atoms with Crippen molar-refractivity contribution in [3.8, 4) is 0 Å². The Morgan fingerprint density at radius 2 is 1.91 bits per heavy atom. The second-order valence-electron chi connectivity index (χ2n) is 6.56. The van der Waals surface area contributed by atoms with Gasteiger partial charge in [0, 0.05) is 46.3 Å². The van der Waals surface area contributed by atoms with Crippen molar-refractivity contribution >= 4 is 11.7 Å². The quantitative estimate of drug-likeness (QED) is 0.859. The summed E-state index contributed by atoms with van der Waals surface area (Å²) in [4.78, 5) is 18.5. The second-order valence-corrected chi connectivity index (χ2v) is 6.56. The number of amides is 1. The van der Waals surface area contributed by atoms with Gasteiger partial charge in [0.15, 0.2) is 11.5 Å². The van der Waals surface area contributed by atoms with Crippen LogP contribution in [0, 0.1) is 0 Å². The summed E-state index contributed by atoms with van der Waals surface area (Å²) < 4.78 is 0. The molecular formula is C16H25N5O2. The first kappa shape index (κ1) is 16.1. The average molecular weight is 319 g/mol. The number of nitrogens with zero attached hydrogens (tertiary/aromatic N) is 5. The molecule has 0 bridgehead atoms. The standard InChI is InChI=1S/C16H25N5O2/c1-19(2)15-7-6-12(17-18-15)16(23)21-10-8-20(9-11-21)13-4-3-5-14(13)22/h6-7,13-14,22H,3-5,8-11H2,1-2H3/t13-,14-/m0/s1. The van der Waals surface area contributed by atoms with E-state index in [9.17, 15) is 9.90 Å². The van der Waals surface area contributed by atoms with Crippen LogP contribution in [-0.4, -0.2) is 83.4 Å². The number of aliphatic hydroxyl groups excluding tert-OH is 1. The minimum absolute atomic E-state index is 0.0607. The Morgan fingerprint density at radius 3 is 2.43 bits per heavy atom. The third-order valence-corrected chi connectivity index (χ3v) is 4.84. The van der Waals surface area contributed by atoms with E-state index in [0.29, 0.717) is 18.8 Å². The molecule has 0 radical (unpaired) electrons. The van der Waals surface area contributed by atoms with Crippen molar-refractivity contribution in [1.29, 1.82) is 0 Å². The van der Waals surface area contributed by atoms with Gasteiger partial charge in [0.1, 0.15) is 0 Å². The maximum atomic E-state index is 12.5. The highest BCUT2D eigenvalue weighted by Gasteiger charge is 2.33. The van der Waals surface area contributed by atoms with E-state index in [0.717, 1.165) is 38.2 Å². The fourth-order valence-electron chi connectivity index (χ4n) is 3.44.